The van der Waals surface area contributed by atoms with E-state index >= 15 is 0 Å². The summed E-state index contributed by atoms with van der Waals surface area (Å²) in [5, 5.41) is 4.92. The number of sulfonamides is 1. The van der Waals surface area contributed by atoms with Crippen LogP contribution >= 0.6 is 0 Å². The van der Waals surface area contributed by atoms with Gasteiger partial charge in [-0.2, -0.15) is 0 Å². The molecule has 0 unspecified atom stereocenters. The molecule has 0 saturated heterocycles. The van der Waals surface area contributed by atoms with Crippen LogP contribution in [0.3, 0.4) is 0 Å². The second-order valence-corrected chi connectivity index (χ2v) is 4.87. The van der Waals surface area contributed by atoms with Crippen molar-refractivity contribution in [2.45, 2.75) is 17.4 Å². The molecule has 0 spiro atoms. The van der Waals surface area contributed by atoms with Crippen molar-refractivity contribution >= 4 is 10.0 Å². The second-order valence-electron chi connectivity index (χ2n) is 3.31. The van der Waals surface area contributed by atoms with Crippen LogP contribution in [0.2, 0.25) is 0 Å². The van der Waals surface area contributed by atoms with Crippen molar-refractivity contribution in [2.75, 3.05) is 6.67 Å². The van der Waals surface area contributed by atoms with Crippen LogP contribution < -0.4 is 10.9 Å². The molecule has 6 heteroatoms. The molecule has 15 heavy (non-hydrogen) atoms. The van der Waals surface area contributed by atoms with Crippen molar-refractivity contribution in [3.8, 4) is 0 Å². The SMILES string of the molecule is N[C@H](CF)Cc1ccc(S(N)(=O)=O)cc1. The third kappa shape index (κ3) is 3.58. The Labute approximate surface area is 88.1 Å². The summed E-state index contributed by atoms with van der Waals surface area (Å²) in [6.45, 7) is -0.600. The molecule has 0 aliphatic carbocycles. The molecular formula is C9H13FN2O2S. The van der Waals surface area contributed by atoms with E-state index in [0.717, 1.165) is 5.56 Å². The van der Waals surface area contributed by atoms with E-state index in [4.69, 9.17) is 10.9 Å². The second kappa shape index (κ2) is 4.69. The summed E-state index contributed by atoms with van der Waals surface area (Å²) in [5.74, 6) is 0. The van der Waals surface area contributed by atoms with Gasteiger partial charge in [0.2, 0.25) is 10.0 Å². The smallest absolute Gasteiger partial charge is 0.238 e. The molecule has 0 saturated carbocycles. The molecule has 1 rings (SSSR count). The number of hydrogen-bond donors (Lipinski definition) is 2. The van der Waals surface area contributed by atoms with Crippen LogP contribution in [0, 0.1) is 0 Å². The number of alkyl halides is 1. The van der Waals surface area contributed by atoms with Gasteiger partial charge in [0.25, 0.3) is 0 Å². The van der Waals surface area contributed by atoms with Crippen LogP contribution in [0.15, 0.2) is 29.2 Å². The lowest BCUT2D eigenvalue weighted by molar-refractivity contribution is 0.427. The van der Waals surface area contributed by atoms with Crippen molar-refractivity contribution in [3.05, 3.63) is 29.8 Å². The minimum Gasteiger partial charge on any atom is -0.325 e. The van der Waals surface area contributed by atoms with Gasteiger partial charge in [-0.3, -0.25) is 0 Å². The Morgan fingerprint density at radius 3 is 2.20 bits per heavy atom. The van der Waals surface area contributed by atoms with E-state index < -0.39 is 22.7 Å². The molecule has 0 fully saturated rings. The van der Waals surface area contributed by atoms with Crippen molar-refractivity contribution in [1.29, 1.82) is 0 Å². The third-order valence-electron chi connectivity index (χ3n) is 1.95. The van der Waals surface area contributed by atoms with Crippen molar-refractivity contribution in [3.63, 3.8) is 0 Å². The number of hydrogen-bond acceptors (Lipinski definition) is 3. The van der Waals surface area contributed by atoms with E-state index in [-0.39, 0.29) is 4.90 Å². The number of nitrogens with two attached hydrogens (primary N) is 2. The maximum absolute atomic E-state index is 12.1. The van der Waals surface area contributed by atoms with Crippen LogP contribution in [0.25, 0.3) is 0 Å². The Balaban J connectivity index is 2.82. The minimum absolute atomic E-state index is 0.0417. The van der Waals surface area contributed by atoms with Crippen LogP contribution in [-0.2, 0) is 16.4 Å². The zero-order valence-electron chi connectivity index (χ0n) is 8.06. The number of rotatable bonds is 4. The summed E-state index contributed by atoms with van der Waals surface area (Å²) in [4.78, 5) is 0.0417. The summed E-state index contributed by atoms with van der Waals surface area (Å²) in [6.07, 6.45) is 0.376. The molecule has 1 aromatic rings. The number of benzene rings is 1. The normalized spacial score (nSPS) is 13.8. The van der Waals surface area contributed by atoms with Gasteiger partial charge >= 0.3 is 0 Å². The van der Waals surface area contributed by atoms with E-state index in [1.165, 1.54) is 12.1 Å². The van der Waals surface area contributed by atoms with Gasteiger partial charge in [-0.15, -0.1) is 0 Å². The van der Waals surface area contributed by atoms with E-state index in [9.17, 15) is 12.8 Å². The number of halogens is 1. The molecule has 1 aromatic carbocycles. The monoisotopic (exact) mass is 232 g/mol. The highest BCUT2D eigenvalue weighted by molar-refractivity contribution is 7.89. The van der Waals surface area contributed by atoms with Gasteiger partial charge in [-0.05, 0) is 24.1 Å². The van der Waals surface area contributed by atoms with Gasteiger partial charge in [-0.25, -0.2) is 17.9 Å². The van der Waals surface area contributed by atoms with E-state index in [2.05, 4.69) is 0 Å². The average Bonchev–Trinajstić information content (AvgIpc) is 2.17. The summed E-state index contributed by atoms with van der Waals surface area (Å²) in [7, 11) is -3.66. The lowest BCUT2D eigenvalue weighted by atomic mass is 10.1. The van der Waals surface area contributed by atoms with E-state index in [1.54, 1.807) is 12.1 Å². The fraction of sp³-hybridized carbons (Fsp3) is 0.333. The van der Waals surface area contributed by atoms with E-state index in [0.29, 0.717) is 6.42 Å². The quantitative estimate of drug-likeness (QED) is 0.776. The topological polar surface area (TPSA) is 86.2 Å². The van der Waals surface area contributed by atoms with Crippen molar-refractivity contribution < 1.29 is 12.8 Å². The summed E-state index contributed by atoms with van der Waals surface area (Å²) >= 11 is 0. The first-order chi connectivity index (χ1) is 6.93. The van der Waals surface area contributed by atoms with Crippen molar-refractivity contribution in [1.82, 2.24) is 0 Å². The highest BCUT2D eigenvalue weighted by Gasteiger charge is 2.08. The summed E-state index contributed by atoms with van der Waals surface area (Å²) in [5.41, 5.74) is 6.20. The van der Waals surface area contributed by atoms with Crippen LogP contribution in [0.4, 0.5) is 4.39 Å². The first kappa shape index (κ1) is 12.1. The Morgan fingerprint density at radius 1 is 1.27 bits per heavy atom. The molecule has 0 aliphatic rings. The molecule has 4 nitrogen and oxygen atoms in total. The standard InChI is InChI=1S/C9H13FN2O2S/c10-6-8(11)5-7-1-3-9(4-2-7)15(12,13)14/h1-4,8H,5-6,11H2,(H2,12,13,14)/t8-/m0/s1. The van der Waals surface area contributed by atoms with Gasteiger partial charge in [0.15, 0.2) is 0 Å². The Bertz CT molecular complexity index is 416. The zero-order valence-corrected chi connectivity index (χ0v) is 8.87. The lowest BCUT2D eigenvalue weighted by Crippen LogP contribution is -2.24. The summed E-state index contributed by atoms with van der Waals surface area (Å²) in [6, 6.07) is 5.38. The maximum Gasteiger partial charge on any atom is 0.238 e. The molecule has 0 radical (unpaired) electrons. The van der Waals surface area contributed by atoms with Crippen LogP contribution in [0.1, 0.15) is 5.56 Å². The van der Waals surface area contributed by atoms with Gasteiger partial charge in [0, 0.05) is 6.04 Å². The predicted molar refractivity (Wildman–Crippen MR) is 55.5 cm³/mol. The van der Waals surface area contributed by atoms with Crippen LogP contribution in [0.5, 0.6) is 0 Å². The maximum atomic E-state index is 12.1. The van der Waals surface area contributed by atoms with Gasteiger partial charge < -0.3 is 5.73 Å². The zero-order chi connectivity index (χ0) is 11.5. The third-order valence-corrected chi connectivity index (χ3v) is 2.88. The van der Waals surface area contributed by atoms with Gasteiger partial charge in [-0.1, -0.05) is 12.1 Å². The van der Waals surface area contributed by atoms with Crippen molar-refractivity contribution in [2.24, 2.45) is 10.9 Å². The Morgan fingerprint density at radius 2 is 1.80 bits per heavy atom. The number of primary sulfonamides is 1. The molecule has 0 aliphatic heterocycles. The molecule has 1 atom stereocenters. The van der Waals surface area contributed by atoms with E-state index in [1.807, 2.05) is 0 Å². The molecular weight excluding hydrogens is 219 g/mol. The Hall–Kier alpha value is -0.980. The van der Waals surface area contributed by atoms with Gasteiger partial charge in [0.1, 0.15) is 6.67 Å². The summed E-state index contributed by atoms with van der Waals surface area (Å²) < 4.78 is 33.9. The first-order valence-corrected chi connectivity index (χ1v) is 5.91. The fourth-order valence-corrected chi connectivity index (χ4v) is 1.69. The predicted octanol–water partition coefficient (Wildman–Crippen LogP) is 0.173. The highest BCUT2D eigenvalue weighted by atomic mass is 32.2. The molecule has 84 valence electrons. The first-order valence-electron chi connectivity index (χ1n) is 4.37. The Kier molecular flexibility index (Phi) is 3.78. The molecule has 0 bridgehead atoms. The molecule has 0 heterocycles. The average molecular weight is 232 g/mol. The largest absolute Gasteiger partial charge is 0.325 e. The van der Waals surface area contributed by atoms with Crippen LogP contribution in [-0.4, -0.2) is 21.1 Å². The van der Waals surface area contributed by atoms with Gasteiger partial charge in [0.05, 0.1) is 4.90 Å². The molecule has 0 amide bonds. The molecule has 4 N–H and O–H groups in total. The highest BCUT2D eigenvalue weighted by Crippen LogP contribution is 2.10. The lowest BCUT2D eigenvalue weighted by Gasteiger charge is -2.07. The minimum atomic E-state index is -3.66. The molecule has 0 aromatic heterocycles. The fourth-order valence-electron chi connectivity index (χ4n) is 1.17.